The standard InChI is InChI=1S/C15H26BrN3/c1-4-12-15(16)14(19(6-3)18-12)10-13(17-5-2)11-8-7-9-11/h11,13,17H,4-10H2,1-3H3. The fourth-order valence-corrected chi connectivity index (χ4v) is 3.66. The molecule has 0 spiro atoms. The highest BCUT2D eigenvalue weighted by molar-refractivity contribution is 9.10. The minimum absolute atomic E-state index is 0.613. The van der Waals surface area contributed by atoms with Crippen molar-refractivity contribution in [1.29, 1.82) is 0 Å². The van der Waals surface area contributed by atoms with Gasteiger partial charge in [-0.25, -0.2) is 0 Å². The highest BCUT2D eigenvalue weighted by atomic mass is 79.9. The molecule has 1 aliphatic carbocycles. The lowest BCUT2D eigenvalue weighted by molar-refractivity contribution is 0.227. The molecule has 0 bridgehead atoms. The second kappa shape index (κ2) is 6.89. The van der Waals surface area contributed by atoms with Gasteiger partial charge in [0.05, 0.1) is 15.9 Å². The Labute approximate surface area is 125 Å². The first-order valence-corrected chi connectivity index (χ1v) is 8.47. The second-order valence-corrected chi connectivity index (χ2v) is 6.23. The quantitative estimate of drug-likeness (QED) is 0.830. The maximum atomic E-state index is 4.71. The first-order chi connectivity index (χ1) is 9.21. The van der Waals surface area contributed by atoms with E-state index in [1.807, 2.05) is 0 Å². The Morgan fingerprint density at radius 2 is 2.11 bits per heavy atom. The Morgan fingerprint density at radius 3 is 2.58 bits per heavy atom. The van der Waals surface area contributed by atoms with Crippen LogP contribution in [0.15, 0.2) is 4.47 Å². The van der Waals surface area contributed by atoms with Crippen LogP contribution in [0.5, 0.6) is 0 Å². The van der Waals surface area contributed by atoms with Gasteiger partial charge in [-0.1, -0.05) is 20.3 Å². The lowest BCUT2D eigenvalue weighted by Gasteiger charge is -2.34. The van der Waals surface area contributed by atoms with Gasteiger partial charge in [-0.05, 0) is 54.6 Å². The lowest BCUT2D eigenvalue weighted by Crippen LogP contribution is -2.41. The topological polar surface area (TPSA) is 29.9 Å². The number of aromatic nitrogens is 2. The fourth-order valence-electron chi connectivity index (χ4n) is 2.93. The summed E-state index contributed by atoms with van der Waals surface area (Å²) in [6.07, 6.45) is 6.27. The average Bonchev–Trinajstić information content (AvgIpc) is 2.64. The molecule has 1 N–H and O–H groups in total. The van der Waals surface area contributed by atoms with Gasteiger partial charge in [0.2, 0.25) is 0 Å². The van der Waals surface area contributed by atoms with Gasteiger partial charge >= 0.3 is 0 Å². The summed E-state index contributed by atoms with van der Waals surface area (Å²) in [7, 11) is 0. The van der Waals surface area contributed by atoms with E-state index in [0.29, 0.717) is 6.04 Å². The molecule has 1 saturated carbocycles. The van der Waals surface area contributed by atoms with Crippen LogP contribution >= 0.6 is 15.9 Å². The molecule has 2 rings (SSSR count). The molecular weight excluding hydrogens is 302 g/mol. The van der Waals surface area contributed by atoms with E-state index >= 15 is 0 Å². The van der Waals surface area contributed by atoms with Crippen molar-refractivity contribution in [3.05, 3.63) is 15.9 Å². The van der Waals surface area contributed by atoms with Crippen molar-refractivity contribution >= 4 is 15.9 Å². The Kier molecular flexibility index (Phi) is 5.46. The number of halogens is 1. The molecule has 4 heteroatoms. The SMILES string of the molecule is CCNC(Cc1c(Br)c(CC)nn1CC)C1CCC1. The number of hydrogen-bond donors (Lipinski definition) is 1. The van der Waals surface area contributed by atoms with Gasteiger partial charge in [-0.15, -0.1) is 0 Å². The van der Waals surface area contributed by atoms with Crippen LogP contribution in [-0.4, -0.2) is 22.4 Å². The van der Waals surface area contributed by atoms with E-state index in [0.717, 1.165) is 31.8 Å². The normalized spacial score (nSPS) is 17.5. The van der Waals surface area contributed by atoms with E-state index in [4.69, 9.17) is 5.10 Å². The first kappa shape index (κ1) is 15.0. The van der Waals surface area contributed by atoms with E-state index in [-0.39, 0.29) is 0 Å². The molecule has 1 heterocycles. The number of aryl methyl sites for hydroxylation is 2. The maximum Gasteiger partial charge on any atom is 0.0766 e. The van der Waals surface area contributed by atoms with Crippen LogP contribution in [0, 0.1) is 5.92 Å². The van der Waals surface area contributed by atoms with Gasteiger partial charge in [0.15, 0.2) is 0 Å². The first-order valence-electron chi connectivity index (χ1n) is 7.68. The monoisotopic (exact) mass is 327 g/mol. The predicted molar refractivity (Wildman–Crippen MR) is 83.5 cm³/mol. The third kappa shape index (κ3) is 3.22. The largest absolute Gasteiger partial charge is 0.314 e. The van der Waals surface area contributed by atoms with Gasteiger partial charge < -0.3 is 5.32 Å². The van der Waals surface area contributed by atoms with Gasteiger partial charge in [0, 0.05) is 19.0 Å². The fraction of sp³-hybridized carbons (Fsp3) is 0.800. The molecule has 1 atom stereocenters. The van der Waals surface area contributed by atoms with E-state index < -0.39 is 0 Å². The summed E-state index contributed by atoms with van der Waals surface area (Å²) in [5.41, 5.74) is 2.57. The summed E-state index contributed by atoms with van der Waals surface area (Å²) >= 11 is 3.76. The average molecular weight is 328 g/mol. The predicted octanol–water partition coefficient (Wildman–Crippen LogP) is 3.55. The molecule has 1 aromatic heterocycles. The molecule has 3 nitrogen and oxygen atoms in total. The summed E-state index contributed by atoms with van der Waals surface area (Å²) in [6, 6.07) is 0.613. The Bertz CT molecular complexity index is 410. The molecule has 108 valence electrons. The number of hydrogen-bond acceptors (Lipinski definition) is 2. The van der Waals surface area contributed by atoms with Crippen molar-refractivity contribution in [2.24, 2.45) is 5.92 Å². The van der Waals surface area contributed by atoms with Crippen LogP contribution in [0.1, 0.15) is 51.4 Å². The van der Waals surface area contributed by atoms with Crippen molar-refractivity contribution < 1.29 is 0 Å². The highest BCUT2D eigenvalue weighted by Gasteiger charge is 2.28. The summed E-state index contributed by atoms with van der Waals surface area (Å²) in [4.78, 5) is 0. The minimum Gasteiger partial charge on any atom is -0.314 e. The Morgan fingerprint density at radius 1 is 1.37 bits per heavy atom. The maximum absolute atomic E-state index is 4.71. The zero-order valence-electron chi connectivity index (χ0n) is 12.4. The minimum atomic E-state index is 0.613. The van der Waals surface area contributed by atoms with Gasteiger partial charge in [-0.3, -0.25) is 4.68 Å². The molecule has 0 radical (unpaired) electrons. The molecule has 0 amide bonds. The van der Waals surface area contributed by atoms with Crippen molar-refractivity contribution in [3.63, 3.8) is 0 Å². The molecule has 1 aliphatic rings. The number of rotatable bonds is 7. The van der Waals surface area contributed by atoms with Gasteiger partial charge in [0.1, 0.15) is 0 Å². The summed E-state index contributed by atoms with van der Waals surface area (Å²) in [5, 5.41) is 8.38. The van der Waals surface area contributed by atoms with Crippen molar-refractivity contribution in [3.8, 4) is 0 Å². The Hall–Kier alpha value is -0.350. The van der Waals surface area contributed by atoms with E-state index in [1.54, 1.807) is 0 Å². The number of likely N-dealkylation sites (N-methyl/N-ethyl adjacent to an activating group) is 1. The molecule has 19 heavy (non-hydrogen) atoms. The summed E-state index contributed by atoms with van der Waals surface area (Å²) < 4.78 is 3.41. The van der Waals surface area contributed by atoms with Crippen LogP contribution in [0.4, 0.5) is 0 Å². The molecule has 1 fully saturated rings. The van der Waals surface area contributed by atoms with Crippen molar-refractivity contribution in [1.82, 2.24) is 15.1 Å². The van der Waals surface area contributed by atoms with E-state index in [2.05, 4.69) is 46.7 Å². The zero-order chi connectivity index (χ0) is 13.8. The summed E-state index contributed by atoms with van der Waals surface area (Å²) in [6.45, 7) is 8.56. The Balaban J connectivity index is 2.17. The molecule has 1 aromatic rings. The van der Waals surface area contributed by atoms with Crippen LogP contribution in [-0.2, 0) is 19.4 Å². The van der Waals surface area contributed by atoms with Crippen molar-refractivity contribution in [2.45, 2.75) is 65.5 Å². The summed E-state index contributed by atoms with van der Waals surface area (Å²) in [5.74, 6) is 0.858. The van der Waals surface area contributed by atoms with E-state index in [1.165, 1.54) is 35.1 Å². The molecule has 0 aliphatic heterocycles. The molecule has 1 unspecified atom stereocenters. The van der Waals surface area contributed by atoms with Gasteiger partial charge in [-0.2, -0.15) is 5.10 Å². The highest BCUT2D eigenvalue weighted by Crippen LogP contribution is 2.33. The zero-order valence-corrected chi connectivity index (χ0v) is 14.0. The van der Waals surface area contributed by atoms with Crippen LogP contribution in [0.2, 0.25) is 0 Å². The lowest BCUT2D eigenvalue weighted by atomic mass is 9.78. The number of nitrogens with zero attached hydrogens (tertiary/aromatic N) is 2. The molecule has 0 saturated heterocycles. The number of nitrogens with one attached hydrogen (secondary N) is 1. The third-order valence-corrected chi connectivity index (χ3v) is 5.21. The van der Waals surface area contributed by atoms with Crippen LogP contribution in [0.3, 0.4) is 0 Å². The van der Waals surface area contributed by atoms with Crippen LogP contribution in [0.25, 0.3) is 0 Å². The molecular formula is C15H26BrN3. The third-order valence-electron chi connectivity index (χ3n) is 4.29. The van der Waals surface area contributed by atoms with Gasteiger partial charge in [0.25, 0.3) is 0 Å². The smallest absolute Gasteiger partial charge is 0.0766 e. The van der Waals surface area contributed by atoms with Crippen LogP contribution < -0.4 is 5.32 Å². The second-order valence-electron chi connectivity index (χ2n) is 5.44. The van der Waals surface area contributed by atoms with Crippen molar-refractivity contribution in [2.75, 3.05) is 6.54 Å². The van der Waals surface area contributed by atoms with E-state index in [9.17, 15) is 0 Å². The molecule has 0 aromatic carbocycles.